The third kappa shape index (κ3) is 3.18. The molecule has 0 aromatic heterocycles. The third-order valence-corrected chi connectivity index (χ3v) is 2.87. The molecule has 5 nitrogen and oxygen atoms in total. The molecule has 1 fully saturated rings. The van der Waals surface area contributed by atoms with Crippen molar-refractivity contribution in [3.05, 3.63) is 35.4 Å². The summed E-state index contributed by atoms with van der Waals surface area (Å²) in [6, 6.07) is 7.74. The highest BCUT2D eigenvalue weighted by Gasteiger charge is 2.10. The second kappa shape index (κ2) is 5.65. The fourth-order valence-corrected chi connectivity index (χ4v) is 1.86. The van der Waals surface area contributed by atoms with E-state index in [0.717, 1.165) is 38.4 Å². The van der Waals surface area contributed by atoms with Crippen LogP contribution in [0.2, 0.25) is 0 Å². The van der Waals surface area contributed by atoms with Gasteiger partial charge in [-0.2, -0.15) is 0 Å². The fourth-order valence-electron chi connectivity index (χ4n) is 1.86. The molecular weight excluding hydrogens is 218 g/mol. The van der Waals surface area contributed by atoms with Crippen molar-refractivity contribution in [2.24, 2.45) is 10.9 Å². The first-order valence-corrected chi connectivity index (χ1v) is 5.66. The maximum Gasteiger partial charge on any atom is 0.170 e. The van der Waals surface area contributed by atoms with Crippen molar-refractivity contribution < 1.29 is 9.94 Å². The van der Waals surface area contributed by atoms with E-state index < -0.39 is 0 Å². The Kier molecular flexibility index (Phi) is 3.95. The van der Waals surface area contributed by atoms with Gasteiger partial charge in [-0.1, -0.05) is 29.4 Å². The van der Waals surface area contributed by atoms with Crippen molar-refractivity contribution in [2.75, 3.05) is 26.3 Å². The molecule has 1 aromatic carbocycles. The normalized spacial score (nSPS) is 18.2. The molecule has 0 unspecified atom stereocenters. The quantitative estimate of drug-likeness (QED) is 0.348. The molecule has 1 aliphatic rings. The van der Waals surface area contributed by atoms with E-state index in [9.17, 15) is 0 Å². The SMILES string of the molecule is N/C(=N\O)c1ccc(CN2CCOCC2)cc1. The highest BCUT2D eigenvalue weighted by atomic mass is 16.5. The minimum atomic E-state index is 0.142. The Labute approximate surface area is 100 Å². The smallest absolute Gasteiger partial charge is 0.170 e. The maximum atomic E-state index is 8.56. The topological polar surface area (TPSA) is 71.1 Å². The number of nitrogens with two attached hydrogens (primary N) is 1. The van der Waals surface area contributed by atoms with Gasteiger partial charge >= 0.3 is 0 Å². The predicted octanol–water partition coefficient (Wildman–Crippen LogP) is 0.613. The molecule has 1 aliphatic heterocycles. The van der Waals surface area contributed by atoms with Crippen LogP contribution in [-0.2, 0) is 11.3 Å². The van der Waals surface area contributed by atoms with Gasteiger partial charge in [0.15, 0.2) is 5.84 Å². The lowest BCUT2D eigenvalue weighted by molar-refractivity contribution is 0.0342. The Hall–Kier alpha value is -1.59. The molecule has 0 spiro atoms. The van der Waals surface area contributed by atoms with E-state index in [1.54, 1.807) is 0 Å². The van der Waals surface area contributed by atoms with E-state index in [1.165, 1.54) is 5.56 Å². The van der Waals surface area contributed by atoms with E-state index in [2.05, 4.69) is 10.1 Å². The number of amidine groups is 1. The summed E-state index contributed by atoms with van der Waals surface area (Å²) < 4.78 is 5.30. The molecule has 2 rings (SSSR count). The third-order valence-electron chi connectivity index (χ3n) is 2.87. The zero-order chi connectivity index (χ0) is 12.1. The van der Waals surface area contributed by atoms with Crippen LogP contribution in [0.5, 0.6) is 0 Å². The van der Waals surface area contributed by atoms with Gasteiger partial charge in [-0.25, -0.2) is 0 Å². The van der Waals surface area contributed by atoms with Crippen molar-refractivity contribution in [3.63, 3.8) is 0 Å². The first-order valence-electron chi connectivity index (χ1n) is 5.66. The number of oxime groups is 1. The summed E-state index contributed by atoms with van der Waals surface area (Å²) in [6.07, 6.45) is 0. The molecule has 0 atom stereocenters. The molecule has 92 valence electrons. The molecule has 0 saturated carbocycles. The zero-order valence-electron chi connectivity index (χ0n) is 9.67. The number of morpholine rings is 1. The summed E-state index contributed by atoms with van der Waals surface area (Å²) in [5.74, 6) is 0.142. The monoisotopic (exact) mass is 235 g/mol. The lowest BCUT2D eigenvalue weighted by Crippen LogP contribution is -2.35. The van der Waals surface area contributed by atoms with Crippen LogP contribution in [0.3, 0.4) is 0 Å². The minimum Gasteiger partial charge on any atom is -0.409 e. The molecule has 1 aromatic rings. The summed E-state index contributed by atoms with van der Waals surface area (Å²) in [5, 5.41) is 11.5. The Balaban J connectivity index is 1.97. The van der Waals surface area contributed by atoms with Gasteiger partial charge in [0.25, 0.3) is 0 Å². The van der Waals surface area contributed by atoms with Gasteiger partial charge in [0.05, 0.1) is 13.2 Å². The number of hydrogen-bond donors (Lipinski definition) is 2. The molecule has 3 N–H and O–H groups in total. The van der Waals surface area contributed by atoms with Crippen LogP contribution in [0, 0.1) is 0 Å². The highest BCUT2D eigenvalue weighted by Crippen LogP contribution is 2.09. The van der Waals surface area contributed by atoms with Crippen LogP contribution in [0.1, 0.15) is 11.1 Å². The highest BCUT2D eigenvalue weighted by molar-refractivity contribution is 5.96. The van der Waals surface area contributed by atoms with Crippen molar-refractivity contribution in [1.82, 2.24) is 4.90 Å². The summed E-state index contributed by atoms with van der Waals surface area (Å²) in [4.78, 5) is 2.35. The first-order chi connectivity index (χ1) is 8.29. The van der Waals surface area contributed by atoms with E-state index in [0.29, 0.717) is 0 Å². The largest absolute Gasteiger partial charge is 0.409 e. The molecule has 17 heavy (non-hydrogen) atoms. The molecule has 0 aliphatic carbocycles. The van der Waals surface area contributed by atoms with Gasteiger partial charge in [0.1, 0.15) is 0 Å². The van der Waals surface area contributed by atoms with Gasteiger partial charge in [-0.05, 0) is 5.56 Å². The van der Waals surface area contributed by atoms with Crippen LogP contribution in [0.15, 0.2) is 29.4 Å². The molecule has 1 saturated heterocycles. The summed E-state index contributed by atoms with van der Waals surface area (Å²) in [5.41, 5.74) is 7.46. The van der Waals surface area contributed by atoms with E-state index in [4.69, 9.17) is 15.7 Å². The van der Waals surface area contributed by atoms with Crippen LogP contribution in [0.25, 0.3) is 0 Å². The number of rotatable bonds is 3. The van der Waals surface area contributed by atoms with Gasteiger partial charge < -0.3 is 15.7 Å². The van der Waals surface area contributed by atoms with Crippen LogP contribution >= 0.6 is 0 Å². The number of nitrogens with zero attached hydrogens (tertiary/aromatic N) is 2. The lowest BCUT2D eigenvalue weighted by atomic mass is 10.1. The molecule has 0 amide bonds. The Bertz CT molecular complexity index is 383. The van der Waals surface area contributed by atoms with Crippen molar-refractivity contribution >= 4 is 5.84 Å². The van der Waals surface area contributed by atoms with Gasteiger partial charge in [-0.3, -0.25) is 4.90 Å². The van der Waals surface area contributed by atoms with Crippen LogP contribution in [-0.4, -0.2) is 42.2 Å². The second-order valence-corrected chi connectivity index (χ2v) is 4.07. The summed E-state index contributed by atoms with van der Waals surface area (Å²) in [7, 11) is 0. The van der Waals surface area contributed by atoms with Gasteiger partial charge in [-0.15, -0.1) is 0 Å². The van der Waals surface area contributed by atoms with E-state index >= 15 is 0 Å². The van der Waals surface area contributed by atoms with Gasteiger partial charge in [0.2, 0.25) is 0 Å². The van der Waals surface area contributed by atoms with Crippen LogP contribution in [0.4, 0.5) is 0 Å². The van der Waals surface area contributed by atoms with Crippen LogP contribution < -0.4 is 5.73 Å². The number of benzene rings is 1. The molecule has 0 bridgehead atoms. The van der Waals surface area contributed by atoms with Crippen molar-refractivity contribution in [3.8, 4) is 0 Å². The maximum absolute atomic E-state index is 8.56. The van der Waals surface area contributed by atoms with Crippen molar-refractivity contribution in [2.45, 2.75) is 6.54 Å². The van der Waals surface area contributed by atoms with Gasteiger partial charge in [0, 0.05) is 25.2 Å². The standard InChI is InChI=1S/C12H17N3O2/c13-12(14-16)11-3-1-10(2-4-11)9-15-5-7-17-8-6-15/h1-4,16H,5-9H2,(H2,13,14). The Morgan fingerprint density at radius 2 is 1.94 bits per heavy atom. The number of hydrogen-bond acceptors (Lipinski definition) is 4. The molecule has 5 heteroatoms. The molecular formula is C12H17N3O2. The first kappa shape index (κ1) is 11.9. The van der Waals surface area contributed by atoms with E-state index in [1.807, 2.05) is 24.3 Å². The molecule has 1 heterocycles. The zero-order valence-corrected chi connectivity index (χ0v) is 9.67. The fraction of sp³-hybridized carbons (Fsp3) is 0.417. The summed E-state index contributed by atoms with van der Waals surface area (Å²) >= 11 is 0. The predicted molar refractivity (Wildman–Crippen MR) is 65.0 cm³/mol. The van der Waals surface area contributed by atoms with Crippen molar-refractivity contribution in [1.29, 1.82) is 0 Å². The second-order valence-electron chi connectivity index (χ2n) is 4.07. The van der Waals surface area contributed by atoms with E-state index in [-0.39, 0.29) is 5.84 Å². The average Bonchev–Trinajstić information content (AvgIpc) is 2.40. The Morgan fingerprint density at radius 1 is 1.29 bits per heavy atom. The Morgan fingerprint density at radius 3 is 2.53 bits per heavy atom. The minimum absolute atomic E-state index is 0.142. The molecule has 0 radical (unpaired) electrons. The number of ether oxygens (including phenoxy) is 1. The lowest BCUT2D eigenvalue weighted by Gasteiger charge is -2.26. The average molecular weight is 235 g/mol. The summed E-state index contributed by atoms with van der Waals surface area (Å²) in [6.45, 7) is 4.48.